The molecule has 6 nitrogen and oxygen atoms in total. The summed E-state index contributed by atoms with van der Waals surface area (Å²) in [4.78, 5) is 22.8. The van der Waals surface area contributed by atoms with Crippen LogP contribution in [0.4, 0.5) is 0 Å². The fraction of sp³-hybridized carbons (Fsp3) is 0.500. The van der Waals surface area contributed by atoms with Gasteiger partial charge in [0.25, 0.3) is 0 Å². The highest BCUT2D eigenvalue weighted by Gasteiger charge is 2.54. The van der Waals surface area contributed by atoms with Gasteiger partial charge in [-0.3, -0.25) is 9.59 Å². The molecule has 1 fully saturated rings. The Labute approximate surface area is 140 Å². The van der Waals surface area contributed by atoms with Gasteiger partial charge in [0.1, 0.15) is 5.44 Å². The summed E-state index contributed by atoms with van der Waals surface area (Å²) in [6.07, 6.45) is -0.831. The number of benzene rings is 1. The molecule has 2 rings (SSSR count). The van der Waals surface area contributed by atoms with Crippen LogP contribution >= 0.6 is 12.6 Å². The van der Waals surface area contributed by atoms with E-state index in [9.17, 15) is 9.59 Å². The van der Waals surface area contributed by atoms with Crippen LogP contribution in [0, 0.1) is 0 Å². The van der Waals surface area contributed by atoms with E-state index in [1.54, 1.807) is 0 Å². The van der Waals surface area contributed by atoms with Crippen LogP contribution in [0.1, 0.15) is 19.4 Å². The summed E-state index contributed by atoms with van der Waals surface area (Å²) in [6.45, 7) is 3.00. The third kappa shape index (κ3) is 4.70. The van der Waals surface area contributed by atoms with Gasteiger partial charge in [0, 0.05) is 13.8 Å². The molecule has 0 amide bonds. The fourth-order valence-electron chi connectivity index (χ4n) is 2.44. The maximum Gasteiger partial charge on any atom is 0.303 e. The molecule has 0 spiro atoms. The van der Waals surface area contributed by atoms with Gasteiger partial charge in [0.2, 0.25) is 0 Å². The van der Waals surface area contributed by atoms with Crippen LogP contribution in [-0.4, -0.2) is 42.3 Å². The SMILES string of the molecule is CC(=O)O[C@H]1C(S)OC[C@@]1(COCc1ccccc1)OC(C)=O. The van der Waals surface area contributed by atoms with E-state index in [4.69, 9.17) is 18.9 Å². The lowest BCUT2D eigenvalue weighted by Gasteiger charge is -2.32. The third-order valence-corrected chi connectivity index (χ3v) is 3.79. The molecule has 126 valence electrons. The van der Waals surface area contributed by atoms with Gasteiger partial charge in [-0.15, -0.1) is 12.6 Å². The van der Waals surface area contributed by atoms with Gasteiger partial charge in [-0.2, -0.15) is 0 Å². The largest absolute Gasteiger partial charge is 0.454 e. The van der Waals surface area contributed by atoms with Crippen LogP contribution in [-0.2, 0) is 35.1 Å². The van der Waals surface area contributed by atoms with E-state index in [1.165, 1.54) is 13.8 Å². The zero-order chi connectivity index (χ0) is 16.9. The van der Waals surface area contributed by atoms with Crippen molar-refractivity contribution in [3.05, 3.63) is 35.9 Å². The molecule has 0 N–H and O–H groups in total. The minimum absolute atomic E-state index is 0.0382. The second-order valence-electron chi connectivity index (χ2n) is 5.37. The molecule has 0 radical (unpaired) electrons. The Kier molecular flexibility index (Phi) is 6.04. The number of carbonyl (C=O) groups is 2. The smallest absolute Gasteiger partial charge is 0.303 e. The maximum absolute atomic E-state index is 11.5. The number of thiol groups is 1. The molecule has 1 aromatic rings. The summed E-state index contributed by atoms with van der Waals surface area (Å²) in [7, 11) is 0. The number of hydrogen-bond acceptors (Lipinski definition) is 7. The molecule has 23 heavy (non-hydrogen) atoms. The minimum Gasteiger partial charge on any atom is -0.454 e. The highest BCUT2D eigenvalue weighted by molar-refractivity contribution is 7.80. The van der Waals surface area contributed by atoms with E-state index in [-0.39, 0.29) is 13.2 Å². The first kappa shape index (κ1) is 17.8. The second kappa shape index (κ2) is 7.81. The lowest BCUT2D eigenvalue weighted by atomic mass is 10.0. The van der Waals surface area contributed by atoms with Crippen molar-refractivity contribution in [2.45, 2.75) is 37.6 Å². The number of rotatable bonds is 6. The van der Waals surface area contributed by atoms with Crippen LogP contribution in [0.25, 0.3) is 0 Å². The van der Waals surface area contributed by atoms with Crippen LogP contribution in [0.2, 0.25) is 0 Å². The second-order valence-corrected chi connectivity index (χ2v) is 5.88. The number of carbonyl (C=O) groups excluding carboxylic acids is 2. The Hall–Kier alpha value is -1.57. The standard InChI is InChI=1S/C16H20O6S/c1-11(17)21-14-15(23)20-10-16(14,22-12(2)18)9-19-8-13-6-4-3-5-7-13/h3-7,14-15,23H,8-10H2,1-2H3/t14-,15?,16+/m0/s1. The summed E-state index contributed by atoms with van der Waals surface area (Å²) >= 11 is 4.24. The maximum atomic E-state index is 11.5. The molecule has 1 aliphatic rings. The van der Waals surface area contributed by atoms with E-state index in [1.807, 2.05) is 30.3 Å². The molecule has 1 aliphatic heterocycles. The van der Waals surface area contributed by atoms with Gasteiger partial charge in [-0.05, 0) is 5.56 Å². The summed E-state index contributed by atoms with van der Waals surface area (Å²) in [5, 5.41) is 0. The predicted octanol–water partition coefficient (Wildman–Crippen LogP) is 1.72. The molecule has 1 saturated heterocycles. The summed E-state index contributed by atoms with van der Waals surface area (Å²) in [6, 6.07) is 9.58. The van der Waals surface area contributed by atoms with Gasteiger partial charge in [0.15, 0.2) is 11.7 Å². The summed E-state index contributed by atoms with van der Waals surface area (Å²) in [5.41, 5.74) is -0.895. The van der Waals surface area contributed by atoms with Gasteiger partial charge in [0.05, 0.1) is 19.8 Å². The Balaban J connectivity index is 2.08. The van der Waals surface area contributed by atoms with Gasteiger partial charge in [-0.1, -0.05) is 30.3 Å². The monoisotopic (exact) mass is 340 g/mol. The van der Waals surface area contributed by atoms with E-state index < -0.39 is 29.1 Å². The first-order valence-electron chi connectivity index (χ1n) is 7.21. The van der Waals surface area contributed by atoms with Gasteiger partial charge < -0.3 is 18.9 Å². The van der Waals surface area contributed by atoms with Crippen LogP contribution in [0.5, 0.6) is 0 Å². The summed E-state index contributed by atoms with van der Waals surface area (Å²) < 4.78 is 21.8. The van der Waals surface area contributed by atoms with E-state index in [0.29, 0.717) is 6.61 Å². The summed E-state index contributed by atoms with van der Waals surface area (Å²) in [5.74, 6) is -1.00. The van der Waals surface area contributed by atoms with Crippen LogP contribution in [0.3, 0.4) is 0 Å². The Morgan fingerprint density at radius 1 is 1.26 bits per heavy atom. The van der Waals surface area contributed by atoms with E-state index in [2.05, 4.69) is 12.6 Å². The van der Waals surface area contributed by atoms with Crippen molar-refractivity contribution in [1.82, 2.24) is 0 Å². The highest BCUT2D eigenvalue weighted by Crippen LogP contribution is 2.34. The third-order valence-electron chi connectivity index (χ3n) is 3.37. The normalized spacial score (nSPS) is 26.7. The Bertz CT molecular complexity index is 549. The number of hydrogen-bond donors (Lipinski definition) is 1. The lowest BCUT2D eigenvalue weighted by Crippen LogP contribution is -2.52. The fourth-order valence-corrected chi connectivity index (χ4v) is 2.85. The first-order valence-corrected chi connectivity index (χ1v) is 7.73. The topological polar surface area (TPSA) is 71.1 Å². The molecule has 7 heteroatoms. The van der Waals surface area contributed by atoms with E-state index in [0.717, 1.165) is 5.56 Å². The van der Waals surface area contributed by atoms with Crippen molar-refractivity contribution in [2.75, 3.05) is 13.2 Å². The molecular weight excluding hydrogens is 320 g/mol. The van der Waals surface area contributed by atoms with Crippen molar-refractivity contribution in [2.24, 2.45) is 0 Å². The van der Waals surface area contributed by atoms with Gasteiger partial charge >= 0.3 is 11.9 Å². The van der Waals surface area contributed by atoms with Crippen molar-refractivity contribution < 1.29 is 28.5 Å². The molecule has 1 unspecified atom stereocenters. The molecule has 0 aliphatic carbocycles. The molecule has 0 bridgehead atoms. The Morgan fingerprint density at radius 3 is 2.57 bits per heavy atom. The predicted molar refractivity (Wildman–Crippen MR) is 84.9 cm³/mol. The van der Waals surface area contributed by atoms with Crippen LogP contribution < -0.4 is 0 Å². The lowest BCUT2D eigenvalue weighted by molar-refractivity contribution is -0.187. The van der Waals surface area contributed by atoms with Crippen molar-refractivity contribution in [3.63, 3.8) is 0 Å². The molecule has 1 aromatic carbocycles. The van der Waals surface area contributed by atoms with Crippen LogP contribution in [0.15, 0.2) is 30.3 Å². The number of esters is 2. The molecule has 0 saturated carbocycles. The quantitative estimate of drug-likeness (QED) is 0.628. The van der Waals surface area contributed by atoms with Crippen molar-refractivity contribution >= 4 is 24.6 Å². The Morgan fingerprint density at radius 2 is 1.96 bits per heavy atom. The molecule has 3 atom stereocenters. The van der Waals surface area contributed by atoms with Crippen molar-refractivity contribution in [3.8, 4) is 0 Å². The zero-order valence-corrected chi connectivity index (χ0v) is 14.0. The minimum atomic E-state index is -1.20. The average Bonchev–Trinajstić information content (AvgIpc) is 2.77. The first-order chi connectivity index (χ1) is 10.9. The molecule has 1 heterocycles. The molecule has 0 aromatic heterocycles. The molecular formula is C16H20O6S. The van der Waals surface area contributed by atoms with Gasteiger partial charge in [-0.25, -0.2) is 0 Å². The van der Waals surface area contributed by atoms with E-state index >= 15 is 0 Å². The van der Waals surface area contributed by atoms with Crippen molar-refractivity contribution in [1.29, 1.82) is 0 Å². The highest BCUT2D eigenvalue weighted by atomic mass is 32.1. The number of ether oxygens (including phenoxy) is 4. The average molecular weight is 340 g/mol. The zero-order valence-electron chi connectivity index (χ0n) is 13.1.